The van der Waals surface area contributed by atoms with Crippen molar-refractivity contribution in [2.24, 2.45) is 0 Å². The lowest BCUT2D eigenvalue weighted by Gasteiger charge is -2.12. The van der Waals surface area contributed by atoms with Crippen molar-refractivity contribution in [1.82, 2.24) is 43.6 Å². The molecule has 19 aromatic carbocycles. The van der Waals surface area contributed by atoms with Gasteiger partial charge < -0.3 is 8.98 Å². The normalized spacial score (nSPS) is 12.1. The minimum Gasteiger partial charge on any atom is -0.452 e. The second-order valence-corrected chi connectivity index (χ2v) is 41.3. The SMILES string of the molecule is c1ccc(-c2ccc3c(c2)c2c4ccccc4c4c5ccccc5sc4c2n3-c2cc3c(sc4ccccc43)c(-c3ccccc3)n2)cc1.c1ccc(-c2nc(-c3ccc(-n4c5ccccc5c5c6ccccc6c6c7ccccc7sc6c54)cc3)nc3c2oc2ccccc23)cc1.c1ccc(-c2nc(-n3c4ccccc4c4c5ccncc5c5c6ccccc6sc5c43)nc3c2sc2ccccc23)cc1. The Bertz CT molecular complexity index is 10900. The van der Waals surface area contributed by atoms with Crippen molar-refractivity contribution >= 4 is 277 Å². The summed E-state index contributed by atoms with van der Waals surface area (Å²) in [6, 6.07) is 149. The first-order valence-corrected chi connectivity index (χ1v) is 51.3. The van der Waals surface area contributed by atoms with Crippen molar-refractivity contribution < 1.29 is 4.42 Å². The summed E-state index contributed by atoms with van der Waals surface area (Å²) >= 11 is 9.21. The first-order chi connectivity index (χ1) is 70.0. The number of thiophene rings is 5. The molecule has 141 heavy (non-hydrogen) atoms. The summed E-state index contributed by atoms with van der Waals surface area (Å²) < 4.78 is 26.1. The molecule has 656 valence electrons. The van der Waals surface area contributed by atoms with Crippen molar-refractivity contribution in [3.63, 3.8) is 0 Å². The van der Waals surface area contributed by atoms with Crippen LogP contribution in [0.4, 0.5) is 0 Å². The highest BCUT2D eigenvalue weighted by Crippen LogP contribution is 2.55. The summed E-state index contributed by atoms with van der Waals surface area (Å²) in [5, 5.41) is 27.4. The summed E-state index contributed by atoms with van der Waals surface area (Å²) in [4.78, 5) is 31.2. The number of pyridine rings is 2. The number of aromatic nitrogens is 9. The first kappa shape index (κ1) is 79.9. The maximum atomic E-state index is 6.34. The second-order valence-electron chi connectivity index (χ2n) is 36.0. The third-order valence-electron chi connectivity index (χ3n) is 28.3. The molecule has 0 spiro atoms. The molecule has 0 saturated carbocycles. The molecule has 0 aliphatic carbocycles. The van der Waals surface area contributed by atoms with Crippen LogP contribution >= 0.6 is 56.7 Å². The zero-order valence-corrected chi connectivity index (χ0v) is 79.0. The molecule has 0 saturated heterocycles. The number of rotatable bonds is 8. The van der Waals surface area contributed by atoms with Crippen LogP contribution in [0.25, 0.3) is 295 Å². The van der Waals surface area contributed by atoms with Crippen LogP contribution in [0.3, 0.4) is 0 Å². The molecule has 15 heteroatoms. The highest BCUT2D eigenvalue weighted by atomic mass is 32.1. The van der Waals surface area contributed by atoms with Gasteiger partial charge in [0.25, 0.3) is 0 Å². The molecule has 10 nitrogen and oxygen atoms in total. The molecule has 13 aromatic heterocycles. The van der Waals surface area contributed by atoms with E-state index in [1.807, 2.05) is 94.1 Å². The quantitative estimate of drug-likeness (QED) is 0.149. The number of hydrogen-bond donors (Lipinski definition) is 0. The molecule has 0 unspecified atom stereocenters. The molecule has 0 atom stereocenters. The summed E-state index contributed by atoms with van der Waals surface area (Å²) in [7, 11) is 0. The number of para-hydroxylation sites is 3. The van der Waals surface area contributed by atoms with Gasteiger partial charge in [0.1, 0.15) is 22.6 Å². The van der Waals surface area contributed by atoms with Crippen LogP contribution in [0.5, 0.6) is 0 Å². The monoisotopic (exact) mass is 1890 g/mol. The number of fused-ring (bicyclic) bond motifs is 39. The molecule has 13 heterocycles. The van der Waals surface area contributed by atoms with Gasteiger partial charge in [-0.3, -0.25) is 14.1 Å². The first-order valence-electron chi connectivity index (χ1n) is 47.2. The lowest BCUT2D eigenvalue weighted by atomic mass is 9.97. The van der Waals surface area contributed by atoms with Gasteiger partial charge in [-0.25, -0.2) is 24.9 Å². The molecule has 0 amide bonds. The molecule has 0 aliphatic heterocycles. The Morgan fingerprint density at radius 3 is 1.21 bits per heavy atom. The van der Waals surface area contributed by atoms with Crippen LogP contribution in [-0.4, -0.2) is 43.6 Å². The Balaban J connectivity index is 0.0000000994. The van der Waals surface area contributed by atoms with Gasteiger partial charge in [0, 0.05) is 155 Å². The van der Waals surface area contributed by atoms with Crippen molar-refractivity contribution in [2.45, 2.75) is 0 Å². The van der Waals surface area contributed by atoms with E-state index in [0.29, 0.717) is 17.4 Å². The van der Waals surface area contributed by atoms with Crippen molar-refractivity contribution in [3.05, 3.63) is 431 Å². The van der Waals surface area contributed by atoms with Gasteiger partial charge in [0.15, 0.2) is 11.4 Å². The van der Waals surface area contributed by atoms with E-state index in [4.69, 9.17) is 29.3 Å². The maximum Gasteiger partial charge on any atom is 0.235 e. The molecule has 0 radical (unpaired) electrons. The number of furan rings is 1. The lowest BCUT2D eigenvalue weighted by molar-refractivity contribution is 0.667. The maximum absolute atomic E-state index is 6.34. The average molecular weight is 1890 g/mol. The minimum absolute atomic E-state index is 0.671. The average Bonchev–Trinajstić information content (AvgIpc) is 1.54. The van der Waals surface area contributed by atoms with E-state index < -0.39 is 0 Å². The van der Waals surface area contributed by atoms with Crippen molar-refractivity contribution in [2.75, 3.05) is 0 Å². The number of nitrogens with zero attached hydrogens (tertiary/aromatic N) is 9. The largest absolute Gasteiger partial charge is 0.452 e. The molecule has 0 bridgehead atoms. The van der Waals surface area contributed by atoms with Gasteiger partial charge in [-0.05, 0) is 141 Å². The molecule has 0 aliphatic rings. The number of benzene rings is 19. The van der Waals surface area contributed by atoms with Crippen LogP contribution in [0, 0.1) is 0 Å². The Hall–Kier alpha value is -17.3. The predicted octanol–water partition coefficient (Wildman–Crippen LogP) is 36.3. The Labute approximate surface area is 823 Å². The fourth-order valence-corrected chi connectivity index (χ4v) is 28.3. The Kier molecular flexibility index (Phi) is 17.9. The highest BCUT2D eigenvalue weighted by Gasteiger charge is 2.30. The Morgan fingerprint density at radius 1 is 0.220 bits per heavy atom. The predicted molar refractivity (Wildman–Crippen MR) is 601 cm³/mol. The second kappa shape index (κ2) is 31.6. The van der Waals surface area contributed by atoms with Gasteiger partial charge in [-0.2, -0.15) is 0 Å². The molecule has 32 aromatic rings. The van der Waals surface area contributed by atoms with E-state index in [-0.39, 0.29) is 0 Å². The van der Waals surface area contributed by atoms with Crippen LogP contribution in [0.1, 0.15) is 0 Å². The fourth-order valence-electron chi connectivity index (χ4n) is 22.2. The van der Waals surface area contributed by atoms with Crippen LogP contribution in [-0.2, 0) is 0 Å². The van der Waals surface area contributed by atoms with Gasteiger partial charge in [0.2, 0.25) is 5.95 Å². The van der Waals surface area contributed by atoms with Crippen LogP contribution in [0.2, 0.25) is 0 Å². The lowest BCUT2D eigenvalue weighted by Crippen LogP contribution is -2.03. The third-order valence-corrected chi connectivity index (χ3v) is 34.2. The summed E-state index contributed by atoms with van der Waals surface area (Å²) in [6.45, 7) is 0. The summed E-state index contributed by atoms with van der Waals surface area (Å²) in [6.07, 6.45) is 3.93. The molecule has 0 fully saturated rings. The van der Waals surface area contributed by atoms with E-state index in [1.54, 1.807) is 11.3 Å². The third kappa shape index (κ3) is 12.2. The van der Waals surface area contributed by atoms with E-state index in [9.17, 15) is 0 Å². The molecular weight excluding hydrogens is 1820 g/mol. The molecular formula is C126H71N9OS5. The highest BCUT2D eigenvalue weighted by molar-refractivity contribution is 7.28. The minimum atomic E-state index is 0.671. The van der Waals surface area contributed by atoms with E-state index >= 15 is 0 Å². The zero-order chi connectivity index (χ0) is 92.2. The smallest absolute Gasteiger partial charge is 0.235 e. The van der Waals surface area contributed by atoms with Gasteiger partial charge in [-0.15, -0.1) is 56.7 Å². The van der Waals surface area contributed by atoms with Crippen LogP contribution in [0.15, 0.2) is 435 Å². The van der Waals surface area contributed by atoms with Crippen molar-refractivity contribution in [1.29, 1.82) is 0 Å². The molecule has 32 rings (SSSR count). The van der Waals surface area contributed by atoms with E-state index in [2.05, 4.69) is 401 Å². The van der Waals surface area contributed by atoms with Crippen LogP contribution < -0.4 is 0 Å². The zero-order valence-electron chi connectivity index (χ0n) is 75.0. The Morgan fingerprint density at radius 2 is 0.624 bits per heavy atom. The molecule has 0 N–H and O–H groups in total. The van der Waals surface area contributed by atoms with Crippen molar-refractivity contribution in [3.8, 4) is 73.7 Å². The summed E-state index contributed by atoms with van der Waals surface area (Å²) in [5.74, 6) is 2.30. The van der Waals surface area contributed by atoms with E-state index in [1.165, 1.54) is 178 Å². The standard InChI is InChI=1S/C45H26N2S2.C44H25N3OS.C37H20N4S2/c1-3-13-27(14-4-1)29-23-24-36-35(25-29)40-31-18-7-8-19-32(31)41-33-20-10-12-22-38(33)49-45(41)43(40)47(36)39-26-34-30-17-9-11-21-37(30)48-44(34)42(46-39)28-15-5-2-6-16-28;1-2-12-26(13-3-1)39-42-40(32-17-7-10-20-35(32)48-42)46-44(45-39)27-22-24-28(25-23-27)47-34-19-9-6-16-31(34)37-29-14-4-5-15-30(29)38-33-18-8-11-21-36(33)49-43(38)41(37)47;1-2-10-21(11-3-1)32-36-33(25-14-6-9-17-29(25)43-36)40-37(39-32)41-27-15-7-4-12-23(27)30-22-18-19-38-20-26(22)31-24-13-5-8-16-28(24)42-35(31)34(30)41/h1-26H;1-25H;1-20H. The van der Waals surface area contributed by atoms with E-state index in [0.717, 1.165) is 99.5 Å². The fraction of sp³-hybridized carbons (Fsp3) is 0. The topological polar surface area (TPSA) is 105 Å². The summed E-state index contributed by atoms with van der Waals surface area (Å²) in [5.41, 5.74) is 20.9. The van der Waals surface area contributed by atoms with Gasteiger partial charge in [-0.1, -0.05) is 315 Å². The van der Waals surface area contributed by atoms with Gasteiger partial charge in [0.05, 0.1) is 73.5 Å². The number of hydrogen-bond acceptors (Lipinski definition) is 12. The van der Waals surface area contributed by atoms with Gasteiger partial charge >= 0.3 is 0 Å².